The van der Waals surface area contributed by atoms with Gasteiger partial charge in [0.2, 0.25) is 0 Å². The molecule has 0 aromatic rings. The molecule has 2 saturated carbocycles. The summed E-state index contributed by atoms with van der Waals surface area (Å²) < 4.78 is 0. The van der Waals surface area contributed by atoms with E-state index in [9.17, 15) is 9.59 Å². The van der Waals surface area contributed by atoms with Crippen molar-refractivity contribution in [3.63, 3.8) is 0 Å². The molecule has 2 nitrogen and oxygen atoms in total. The number of allylic oxidation sites excluding steroid dienone is 4. The van der Waals surface area contributed by atoms with E-state index in [1.54, 1.807) is 17.2 Å². The molecule has 4 atom stereocenters. The van der Waals surface area contributed by atoms with Gasteiger partial charge in [-0.25, -0.2) is 0 Å². The van der Waals surface area contributed by atoms with Gasteiger partial charge in [-0.3, -0.25) is 9.59 Å². The van der Waals surface area contributed by atoms with Crippen molar-refractivity contribution >= 4 is 11.6 Å². The number of hydrogen-bond acceptors (Lipinski definition) is 2. The molecule has 2 heteroatoms. The van der Waals surface area contributed by atoms with E-state index in [2.05, 4.69) is 13.8 Å². The summed E-state index contributed by atoms with van der Waals surface area (Å²) >= 11 is 0. The van der Waals surface area contributed by atoms with E-state index < -0.39 is 0 Å². The Morgan fingerprint density at radius 2 is 1.95 bits per heavy atom. The van der Waals surface area contributed by atoms with Crippen LogP contribution in [0.5, 0.6) is 0 Å². The third kappa shape index (κ3) is 1.77. The minimum atomic E-state index is -0.0318. The first-order chi connectivity index (χ1) is 10.0. The summed E-state index contributed by atoms with van der Waals surface area (Å²) in [5.41, 5.74) is 4.10. The zero-order chi connectivity index (χ0) is 14.8. The van der Waals surface area contributed by atoms with Crippen molar-refractivity contribution in [3.8, 4) is 0 Å². The number of carbonyl (C=O) groups is 2. The summed E-state index contributed by atoms with van der Waals surface area (Å²) in [5, 5.41) is 0. The lowest BCUT2D eigenvalue weighted by Gasteiger charge is -2.53. The fraction of sp³-hybridized carbons (Fsp3) is 0.684. The van der Waals surface area contributed by atoms with Gasteiger partial charge in [0.1, 0.15) is 0 Å². The maximum absolute atomic E-state index is 12.7. The van der Waals surface area contributed by atoms with Gasteiger partial charge in [0, 0.05) is 18.4 Å². The largest absolute Gasteiger partial charge is 0.295 e. The first-order valence-corrected chi connectivity index (χ1v) is 8.47. The average Bonchev–Trinajstić information content (AvgIpc) is 2.83. The van der Waals surface area contributed by atoms with Crippen molar-refractivity contribution in [1.82, 2.24) is 0 Å². The molecule has 0 N–H and O–H groups in total. The van der Waals surface area contributed by atoms with Gasteiger partial charge in [-0.15, -0.1) is 0 Å². The Morgan fingerprint density at radius 3 is 2.76 bits per heavy atom. The highest BCUT2D eigenvalue weighted by Crippen LogP contribution is 2.60. The molecule has 0 aromatic carbocycles. The average molecular weight is 284 g/mol. The highest BCUT2D eigenvalue weighted by Gasteiger charge is 2.54. The van der Waals surface area contributed by atoms with Gasteiger partial charge < -0.3 is 0 Å². The monoisotopic (exact) mass is 284 g/mol. The normalized spacial score (nSPS) is 42.4. The summed E-state index contributed by atoms with van der Waals surface area (Å²) in [6.07, 6.45) is 8.80. The Hall–Kier alpha value is -1.18. The molecule has 4 aliphatic carbocycles. The van der Waals surface area contributed by atoms with Crippen molar-refractivity contribution in [2.75, 3.05) is 0 Å². The first-order valence-electron chi connectivity index (χ1n) is 8.47. The highest BCUT2D eigenvalue weighted by molar-refractivity contribution is 6.05. The molecule has 0 bridgehead atoms. The second kappa shape index (κ2) is 4.41. The maximum atomic E-state index is 12.7. The molecule has 0 spiro atoms. The van der Waals surface area contributed by atoms with Gasteiger partial charge in [-0.1, -0.05) is 18.1 Å². The molecule has 4 unspecified atom stereocenters. The molecule has 0 saturated heterocycles. The summed E-state index contributed by atoms with van der Waals surface area (Å²) in [4.78, 5) is 24.4. The fourth-order valence-electron chi connectivity index (χ4n) is 5.80. The van der Waals surface area contributed by atoms with E-state index >= 15 is 0 Å². The number of carbonyl (C=O) groups excluding carboxylic acids is 2. The van der Waals surface area contributed by atoms with Crippen LogP contribution in [0.1, 0.15) is 58.8 Å². The smallest absolute Gasteiger partial charge is 0.159 e. The van der Waals surface area contributed by atoms with Gasteiger partial charge in [-0.05, 0) is 68.3 Å². The molecule has 0 aliphatic heterocycles. The van der Waals surface area contributed by atoms with Crippen molar-refractivity contribution in [2.45, 2.75) is 58.8 Å². The number of ketones is 2. The molecular formula is C19H24O2. The molecule has 2 fully saturated rings. The predicted molar refractivity (Wildman–Crippen MR) is 81.7 cm³/mol. The van der Waals surface area contributed by atoms with Gasteiger partial charge >= 0.3 is 0 Å². The Balaban J connectivity index is 1.76. The molecule has 112 valence electrons. The van der Waals surface area contributed by atoms with Crippen molar-refractivity contribution in [3.05, 3.63) is 22.8 Å². The van der Waals surface area contributed by atoms with Gasteiger partial charge in [0.05, 0.1) is 0 Å². The molecule has 0 radical (unpaired) electrons. The SMILES string of the molecule is CC1=C2CCC3C(CC(=O)C4=CC(=O)CCC43C)C2CC1. The Labute approximate surface area is 126 Å². The van der Waals surface area contributed by atoms with Crippen LogP contribution in [0.3, 0.4) is 0 Å². The van der Waals surface area contributed by atoms with Crippen molar-refractivity contribution in [1.29, 1.82) is 0 Å². The number of fused-ring (bicyclic) bond motifs is 5. The number of hydrogen-bond donors (Lipinski definition) is 0. The minimum Gasteiger partial charge on any atom is -0.295 e. The lowest BCUT2D eigenvalue weighted by Crippen LogP contribution is -2.49. The minimum absolute atomic E-state index is 0.0318. The Kier molecular flexibility index (Phi) is 2.83. The van der Waals surface area contributed by atoms with E-state index in [1.165, 1.54) is 25.7 Å². The Bertz CT molecular complexity index is 595. The lowest BCUT2D eigenvalue weighted by atomic mass is 9.50. The standard InChI is InChI=1S/C19H24O2/c1-11-3-4-14-13(11)5-6-16-15(14)10-18(21)17-9-12(20)7-8-19(16,17)2/h9,14-16H,3-8,10H2,1-2H3. The topological polar surface area (TPSA) is 34.1 Å². The van der Waals surface area contributed by atoms with Crippen molar-refractivity contribution in [2.24, 2.45) is 23.2 Å². The molecule has 21 heavy (non-hydrogen) atoms. The van der Waals surface area contributed by atoms with E-state index in [0.717, 1.165) is 12.0 Å². The van der Waals surface area contributed by atoms with Gasteiger partial charge in [-0.2, -0.15) is 0 Å². The zero-order valence-corrected chi connectivity index (χ0v) is 13.1. The third-order valence-corrected chi connectivity index (χ3v) is 6.94. The van der Waals surface area contributed by atoms with Gasteiger partial charge in [0.15, 0.2) is 11.6 Å². The van der Waals surface area contributed by atoms with E-state index in [0.29, 0.717) is 30.6 Å². The summed E-state index contributed by atoms with van der Waals surface area (Å²) in [6.45, 7) is 4.54. The van der Waals surface area contributed by atoms with Crippen LogP contribution in [0.4, 0.5) is 0 Å². The van der Waals surface area contributed by atoms with Crippen LogP contribution >= 0.6 is 0 Å². The van der Waals surface area contributed by atoms with Crippen LogP contribution in [0.2, 0.25) is 0 Å². The van der Waals surface area contributed by atoms with E-state index in [1.807, 2.05) is 0 Å². The van der Waals surface area contributed by atoms with Gasteiger partial charge in [0.25, 0.3) is 0 Å². The fourth-order valence-corrected chi connectivity index (χ4v) is 5.80. The zero-order valence-electron chi connectivity index (χ0n) is 13.1. The molecule has 0 heterocycles. The predicted octanol–water partition coefficient (Wildman–Crippen LogP) is 4.01. The summed E-state index contributed by atoms with van der Waals surface area (Å²) in [5.74, 6) is 2.21. The quantitative estimate of drug-likeness (QED) is 0.630. The van der Waals surface area contributed by atoms with E-state index in [4.69, 9.17) is 0 Å². The molecule has 4 rings (SSSR count). The van der Waals surface area contributed by atoms with Crippen LogP contribution < -0.4 is 0 Å². The molecule has 0 aromatic heterocycles. The molecule has 4 aliphatic rings. The summed E-state index contributed by atoms with van der Waals surface area (Å²) in [7, 11) is 0. The maximum Gasteiger partial charge on any atom is 0.159 e. The summed E-state index contributed by atoms with van der Waals surface area (Å²) in [6, 6.07) is 0. The highest BCUT2D eigenvalue weighted by atomic mass is 16.1. The molecule has 0 amide bonds. The second-order valence-corrected chi connectivity index (χ2v) is 7.83. The van der Waals surface area contributed by atoms with Crippen LogP contribution in [-0.4, -0.2) is 11.6 Å². The third-order valence-electron chi connectivity index (χ3n) is 6.94. The molecular weight excluding hydrogens is 260 g/mol. The lowest BCUT2D eigenvalue weighted by molar-refractivity contribution is -0.126. The van der Waals surface area contributed by atoms with Crippen LogP contribution in [0.15, 0.2) is 22.8 Å². The number of rotatable bonds is 0. The van der Waals surface area contributed by atoms with Crippen LogP contribution in [0.25, 0.3) is 0 Å². The Morgan fingerprint density at radius 1 is 1.14 bits per heavy atom. The van der Waals surface area contributed by atoms with Crippen molar-refractivity contribution < 1.29 is 9.59 Å². The number of Topliss-reactive ketones (excluding diaryl/α,β-unsaturated/α-hetero) is 1. The van der Waals surface area contributed by atoms with Crippen LogP contribution in [0, 0.1) is 23.2 Å². The van der Waals surface area contributed by atoms with E-state index in [-0.39, 0.29) is 17.0 Å². The second-order valence-electron chi connectivity index (χ2n) is 7.83. The van der Waals surface area contributed by atoms with Crippen LogP contribution in [-0.2, 0) is 9.59 Å². The first kappa shape index (κ1) is 13.5.